The Morgan fingerprint density at radius 3 is 2.43 bits per heavy atom. The molecule has 1 aliphatic rings. The molecule has 5 nitrogen and oxygen atoms in total. The van der Waals surface area contributed by atoms with Crippen LogP contribution in [0.25, 0.3) is 0 Å². The third kappa shape index (κ3) is 3.35. The summed E-state index contributed by atoms with van der Waals surface area (Å²) in [5.74, 6) is -0.975. The molecule has 1 N–H and O–H groups in total. The van der Waals surface area contributed by atoms with E-state index in [1.807, 2.05) is 0 Å². The number of rotatable bonds is 6. The fourth-order valence-electron chi connectivity index (χ4n) is 3.81. The van der Waals surface area contributed by atoms with Crippen LogP contribution >= 0.6 is 0 Å². The number of Topliss-reactive ketones (excluding diaryl/α,β-unsaturated/α-hetero) is 1. The summed E-state index contributed by atoms with van der Waals surface area (Å²) in [6.45, 7) is 0.154. The van der Waals surface area contributed by atoms with Crippen molar-refractivity contribution in [1.29, 1.82) is 0 Å². The van der Waals surface area contributed by atoms with Gasteiger partial charge in [-0.1, -0.05) is 42.5 Å². The Hall–Kier alpha value is -3.51. The molecule has 0 radical (unpaired) electrons. The fraction of sp³-hybridized carbons (Fsp3) is 0.167. The molecule has 3 aromatic rings. The normalized spacial score (nSPS) is 17.7. The molecular weight excluding hydrogens is 385 g/mol. The minimum absolute atomic E-state index is 0.154. The van der Waals surface area contributed by atoms with E-state index in [1.165, 1.54) is 24.1 Å². The largest absolute Gasteiger partial charge is 0.496 e. The number of hydrogen-bond donors (Lipinski definition) is 1. The van der Waals surface area contributed by atoms with Crippen molar-refractivity contribution < 1.29 is 23.8 Å². The zero-order valence-corrected chi connectivity index (χ0v) is 16.3. The number of amides is 1. The molecule has 6 heteroatoms. The Morgan fingerprint density at radius 1 is 1.03 bits per heavy atom. The minimum atomic E-state index is -1.99. The number of carbonyl (C=O) groups is 2. The molecule has 0 saturated carbocycles. The second kappa shape index (κ2) is 7.72. The van der Waals surface area contributed by atoms with Crippen LogP contribution in [-0.4, -0.2) is 23.9 Å². The number of carbonyl (C=O) groups excluding carboxylic acids is 2. The molecule has 0 bridgehead atoms. The van der Waals surface area contributed by atoms with Crippen molar-refractivity contribution in [2.75, 3.05) is 12.0 Å². The van der Waals surface area contributed by atoms with Crippen molar-refractivity contribution in [1.82, 2.24) is 0 Å². The molecule has 1 heterocycles. The number of ketones is 1. The van der Waals surface area contributed by atoms with Crippen LogP contribution in [0.3, 0.4) is 0 Å². The van der Waals surface area contributed by atoms with Gasteiger partial charge in [0.25, 0.3) is 5.91 Å². The smallest absolute Gasteiger partial charge is 0.264 e. The van der Waals surface area contributed by atoms with Gasteiger partial charge in [0, 0.05) is 5.56 Å². The van der Waals surface area contributed by atoms with E-state index in [0.29, 0.717) is 28.1 Å². The first-order valence-electron chi connectivity index (χ1n) is 9.48. The van der Waals surface area contributed by atoms with Crippen molar-refractivity contribution in [3.8, 4) is 5.75 Å². The number of hydrogen-bond acceptors (Lipinski definition) is 4. The summed E-state index contributed by atoms with van der Waals surface area (Å²) in [5, 5.41) is 11.4. The van der Waals surface area contributed by atoms with Gasteiger partial charge in [0.15, 0.2) is 11.4 Å². The number of nitrogens with zero attached hydrogens (tertiary/aromatic N) is 1. The average Bonchev–Trinajstić information content (AvgIpc) is 2.97. The maximum Gasteiger partial charge on any atom is 0.264 e. The summed E-state index contributed by atoms with van der Waals surface area (Å²) in [4.78, 5) is 27.7. The van der Waals surface area contributed by atoms with Crippen LogP contribution in [-0.2, 0) is 16.9 Å². The monoisotopic (exact) mass is 405 g/mol. The highest BCUT2D eigenvalue weighted by atomic mass is 19.1. The van der Waals surface area contributed by atoms with E-state index in [4.69, 9.17) is 4.74 Å². The molecule has 1 amide bonds. The van der Waals surface area contributed by atoms with Gasteiger partial charge in [-0.15, -0.1) is 0 Å². The van der Waals surface area contributed by atoms with Gasteiger partial charge in [-0.2, -0.15) is 0 Å². The Kier molecular flexibility index (Phi) is 5.10. The molecule has 3 aromatic carbocycles. The first kappa shape index (κ1) is 19.8. The van der Waals surface area contributed by atoms with E-state index < -0.39 is 23.7 Å². The predicted octanol–water partition coefficient (Wildman–Crippen LogP) is 3.84. The van der Waals surface area contributed by atoms with Crippen molar-refractivity contribution in [2.45, 2.75) is 18.6 Å². The maximum absolute atomic E-state index is 13.3. The highest BCUT2D eigenvalue weighted by Crippen LogP contribution is 2.43. The summed E-state index contributed by atoms with van der Waals surface area (Å²) < 4.78 is 18.5. The number of aliphatic hydroxyl groups is 1. The second-order valence-corrected chi connectivity index (χ2v) is 7.20. The molecule has 1 aliphatic heterocycles. The molecule has 0 aliphatic carbocycles. The molecule has 152 valence electrons. The predicted molar refractivity (Wildman–Crippen MR) is 110 cm³/mol. The summed E-state index contributed by atoms with van der Waals surface area (Å²) in [5.41, 5.74) is -0.0766. The summed E-state index contributed by atoms with van der Waals surface area (Å²) in [7, 11) is 1.46. The third-order valence-electron chi connectivity index (χ3n) is 5.32. The number of halogens is 1. The van der Waals surface area contributed by atoms with Crippen molar-refractivity contribution in [3.63, 3.8) is 0 Å². The SMILES string of the molecule is COc1ccccc1C(=O)C[C@@]1(O)C(=O)N(Cc2ccc(F)cc2)c2ccccc21. The zero-order valence-electron chi connectivity index (χ0n) is 16.3. The van der Waals surface area contributed by atoms with E-state index >= 15 is 0 Å². The molecule has 0 fully saturated rings. The van der Waals surface area contributed by atoms with E-state index in [1.54, 1.807) is 60.7 Å². The Morgan fingerprint density at radius 2 is 1.70 bits per heavy atom. The van der Waals surface area contributed by atoms with Crippen molar-refractivity contribution in [2.24, 2.45) is 0 Å². The van der Waals surface area contributed by atoms with Crippen LogP contribution < -0.4 is 9.64 Å². The van der Waals surface area contributed by atoms with Gasteiger partial charge in [0.05, 0.1) is 31.3 Å². The van der Waals surface area contributed by atoms with Crippen molar-refractivity contribution >= 4 is 17.4 Å². The highest BCUT2D eigenvalue weighted by molar-refractivity contribution is 6.11. The molecular formula is C24H20FNO4. The minimum Gasteiger partial charge on any atom is -0.496 e. The number of benzene rings is 3. The Balaban J connectivity index is 1.68. The van der Waals surface area contributed by atoms with Crippen LogP contribution in [0.2, 0.25) is 0 Å². The molecule has 0 saturated heterocycles. The lowest BCUT2D eigenvalue weighted by Crippen LogP contribution is -2.41. The molecule has 1 atom stereocenters. The molecule has 0 spiro atoms. The van der Waals surface area contributed by atoms with Gasteiger partial charge < -0.3 is 14.7 Å². The van der Waals surface area contributed by atoms with E-state index in [2.05, 4.69) is 0 Å². The van der Waals surface area contributed by atoms with Crippen LogP contribution in [0.5, 0.6) is 5.75 Å². The van der Waals surface area contributed by atoms with Crippen molar-refractivity contribution in [3.05, 3.63) is 95.3 Å². The van der Waals surface area contributed by atoms with E-state index in [9.17, 15) is 19.1 Å². The number of para-hydroxylation sites is 2. The lowest BCUT2D eigenvalue weighted by molar-refractivity contribution is -0.136. The number of anilines is 1. The first-order chi connectivity index (χ1) is 14.4. The van der Waals surface area contributed by atoms with Crippen LogP contribution in [0.1, 0.15) is 27.9 Å². The van der Waals surface area contributed by atoms with Crippen LogP contribution in [0.4, 0.5) is 10.1 Å². The zero-order chi connectivity index (χ0) is 21.3. The average molecular weight is 405 g/mol. The van der Waals surface area contributed by atoms with Gasteiger partial charge in [0.2, 0.25) is 0 Å². The fourth-order valence-corrected chi connectivity index (χ4v) is 3.81. The summed E-state index contributed by atoms with van der Waals surface area (Å²) in [6, 6.07) is 19.4. The highest BCUT2D eigenvalue weighted by Gasteiger charge is 2.50. The number of methoxy groups -OCH3 is 1. The number of ether oxygens (including phenoxy) is 1. The molecule has 30 heavy (non-hydrogen) atoms. The van der Waals surface area contributed by atoms with E-state index in [-0.39, 0.29) is 12.4 Å². The van der Waals surface area contributed by atoms with Gasteiger partial charge in [0.1, 0.15) is 11.6 Å². The molecule has 4 rings (SSSR count). The quantitative estimate of drug-likeness (QED) is 0.633. The molecule has 0 aromatic heterocycles. The van der Waals surface area contributed by atoms with Gasteiger partial charge >= 0.3 is 0 Å². The Labute approximate surface area is 173 Å². The lowest BCUT2D eigenvalue weighted by atomic mass is 9.88. The molecule has 0 unspecified atom stereocenters. The summed E-state index contributed by atoms with van der Waals surface area (Å²) >= 11 is 0. The topological polar surface area (TPSA) is 66.8 Å². The lowest BCUT2D eigenvalue weighted by Gasteiger charge is -2.23. The second-order valence-electron chi connectivity index (χ2n) is 7.20. The van der Waals surface area contributed by atoms with Gasteiger partial charge in [-0.05, 0) is 35.9 Å². The maximum atomic E-state index is 13.3. The first-order valence-corrected chi connectivity index (χ1v) is 9.48. The van der Waals surface area contributed by atoms with Crippen LogP contribution in [0, 0.1) is 5.82 Å². The third-order valence-corrected chi connectivity index (χ3v) is 5.32. The van der Waals surface area contributed by atoms with Crippen LogP contribution in [0.15, 0.2) is 72.8 Å². The van der Waals surface area contributed by atoms with Gasteiger partial charge in [-0.25, -0.2) is 4.39 Å². The standard InChI is InChI=1S/C24H20FNO4/c1-30-22-9-5-2-6-18(22)21(27)14-24(29)19-7-3-4-8-20(19)26(23(24)28)15-16-10-12-17(25)13-11-16/h2-13,29H,14-15H2,1H3/t24-/m0/s1. The van der Waals surface area contributed by atoms with E-state index in [0.717, 1.165) is 0 Å². The Bertz CT molecular complexity index is 1110. The van der Waals surface area contributed by atoms with Gasteiger partial charge in [-0.3, -0.25) is 9.59 Å². The number of fused-ring (bicyclic) bond motifs is 1. The summed E-state index contributed by atoms with van der Waals surface area (Å²) in [6.07, 6.45) is -0.414.